The number of likely N-dealkylation sites (N-methyl/N-ethyl adjacent to an activating group) is 1. The molecule has 8 heteroatoms. The Morgan fingerprint density at radius 2 is 1.90 bits per heavy atom. The summed E-state index contributed by atoms with van der Waals surface area (Å²) in [7, 11) is 5.56. The number of rotatable bonds is 7. The second-order valence-electron chi connectivity index (χ2n) is 7.47. The summed E-state index contributed by atoms with van der Waals surface area (Å²) in [6.07, 6.45) is 1.09. The summed E-state index contributed by atoms with van der Waals surface area (Å²) < 4.78 is 10.9. The lowest BCUT2D eigenvalue weighted by Gasteiger charge is -2.28. The van der Waals surface area contributed by atoms with Gasteiger partial charge in [-0.3, -0.25) is 9.59 Å². The van der Waals surface area contributed by atoms with Crippen LogP contribution in [-0.2, 0) is 14.3 Å². The molecule has 0 spiro atoms. The molecule has 1 aliphatic heterocycles. The van der Waals surface area contributed by atoms with Crippen LogP contribution in [0.5, 0.6) is 5.75 Å². The molecule has 2 aromatic carbocycles. The first-order chi connectivity index (χ1) is 14.8. The summed E-state index contributed by atoms with van der Waals surface area (Å²) in [6.45, 7) is 2.54. The molecule has 6 nitrogen and oxygen atoms in total. The number of benzene rings is 2. The number of carbonyl (C=O) groups is 2. The van der Waals surface area contributed by atoms with E-state index in [9.17, 15) is 9.59 Å². The van der Waals surface area contributed by atoms with Crippen molar-refractivity contribution in [1.82, 2.24) is 4.90 Å². The predicted molar refractivity (Wildman–Crippen MR) is 126 cm³/mol. The average Bonchev–Trinajstić information content (AvgIpc) is 2.86. The number of amides is 1. The van der Waals surface area contributed by atoms with E-state index in [1.807, 2.05) is 55.6 Å². The summed E-state index contributed by atoms with van der Waals surface area (Å²) in [6, 6.07) is 13.7. The molecule has 0 saturated carbocycles. The van der Waals surface area contributed by atoms with Gasteiger partial charge in [0.1, 0.15) is 5.75 Å². The topological polar surface area (TPSA) is 59.1 Å². The highest BCUT2D eigenvalue weighted by Crippen LogP contribution is 2.47. The molecule has 0 N–H and O–H groups in total. The van der Waals surface area contributed by atoms with E-state index in [1.165, 1.54) is 6.92 Å². The fourth-order valence-corrected chi connectivity index (χ4v) is 5.13. The van der Waals surface area contributed by atoms with E-state index in [-0.39, 0.29) is 11.2 Å². The van der Waals surface area contributed by atoms with Crippen molar-refractivity contribution in [2.75, 3.05) is 45.5 Å². The number of esters is 1. The van der Waals surface area contributed by atoms with Crippen molar-refractivity contribution in [2.24, 2.45) is 0 Å². The van der Waals surface area contributed by atoms with Gasteiger partial charge in [-0.15, -0.1) is 23.5 Å². The van der Waals surface area contributed by atoms with Crippen molar-refractivity contribution < 1.29 is 19.1 Å². The number of hydrogen-bond donors (Lipinski definition) is 0. The van der Waals surface area contributed by atoms with Crippen molar-refractivity contribution >= 4 is 41.1 Å². The maximum atomic E-state index is 13.7. The summed E-state index contributed by atoms with van der Waals surface area (Å²) >= 11 is 3.18. The van der Waals surface area contributed by atoms with E-state index in [0.29, 0.717) is 13.1 Å². The highest BCUT2D eigenvalue weighted by molar-refractivity contribution is 8.00. The smallest absolute Gasteiger partial charge is 0.303 e. The third-order valence-electron chi connectivity index (χ3n) is 5.00. The standard InChI is InChI=1S/C23H28N2O4S2/c1-15(26)29-21-22(16-6-8-17(28-4)9-7-16)31-20-11-10-18(30-5)14-19(20)25(23(21)27)13-12-24(2)3/h6-11,14,21-22H,12-13H2,1-5H3/t21-,22+/m0/s1. The fourth-order valence-electron chi connectivity index (χ4n) is 3.39. The van der Waals surface area contributed by atoms with Gasteiger partial charge in [0.25, 0.3) is 5.91 Å². The lowest BCUT2D eigenvalue weighted by molar-refractivity contribution is -0.152. The van der Waals surface area contributed by atoms with Gasteiger partial charge in [0.15, 0.2) is 6.10 Å². The summed E-state index contributed by atoms with van der Waals surface area (Å²) in [5.41, 5.74) is 1.76. The zero-order valence-corrected chi connectivity index (χ0v) is 20.1. The molecule has 2 atom stereocenters. The van der Waals surface area contributed by atoms with Crippen molar-refractivity contribution in [3.63, 3.8) is 0 Å². The molecular weight excluding hydrogens is 432 g/mol. The molecule has 0 bridgehead atoms. The molecule has 1 heterocycles. The van der Waals surface area contributed by atoms with E-state index in [4.69, 9.17) is 9.47 Å². The first-order valence-electron chi connectivity index (χ1n) is 9.96. The van der Waals surface area contributed by atoms with E-state index < -0.39 is 12.1 Å². The van der Waals surface area contributed by atoms with E-state index in [2.05, 4.69) is 12.1 Å². The van der Waals surface area contributed by atoms with Crippen LogP contribution in [0.25, 0.3) is 0 Å². The van der Waals surface area contributed by atoms with Crippen LogP contribution in [0.2, 0.25) is 0 Å². The highest BCUT2D eigenvalue weighted by Gasteiger charge is 2.40. The van der Waals surface area contributed by atoms with Gasteiger partial charge in [0, 0.05) is 29.8 Å². The van der Waals surface area contributed by atoms with Crippen molar-refractivity contribution in [3.8, 4) is 5.75 Å². The normalized spacial score (nSPS) is 18.5. The van der Waals surface area contributed by atoms with Gasteiger partial charge < -0.3 is 19.3 Å². The molecule has 0 unspecified atom stereocenters. The molecule has 166 valence electrons. The third kappa shape index (κ3) is 5.56. The second-order valence-corrected chi connectivity index (χ2v) is 9.53. The average molecular weight is 461 g/mol. The minimum atomic E-state index is -0.928. The van der Waals surface area contributed by atoms with Gasteiger partial charge >= 0.3 is 5.97 Å². The van der Waals surface area contributed by atoms with Gasteiger partial charge in [-0.05, 0) is 56.2 Å². The Bertz CT molecular complexity index is 934. The van der Waals surface area contributed by atoms with Crippen LogP contribution in [0.4, 0.5) is 5.69 Å². The van der Waals surface area contributed by atoms with Crippen molar-refractivity contribution in [3.05, 3.63) is 48.0 Å². The quantitative estimate of drug-likeness (QED) is 0.456. The molecule has 0 fully saturated rings. The molecule has 0 aromatic heterocycles. The fraction of sp³-hybridized carbons (Fsp3) is 0.391. The Kier molecular flexibility index (Phi) is 7.91. The number of thioether (sulfide) groups is 2. The number of methoxy groups -OCH3 is 1. The second kappa shape index (κ2) is 10.4. The Morgan fingerprint density at radius 3 is 2.48 bits per heavy atom. The third-order valence-corrected chi connectivity index (χ3v) is 7.10. The van der Waals surface area contributed by atoms with Crippen LogP contribution in [0, 0.1) is 0 Å². The predicted octanol–water partition coefficient (Wildman–Crippen LogP) is 4.09. The van der Waals surface area contributed by atoms with Crippen LogP contribution in [-0.4, -0.2) is 63.4 Å². The first kappa shape index (κ1) is 23.5. The molecular formula is C23H28N2O4S2. The van der Waals surface area contributed by atoms with Crippen LogP contribution in [0.3, 0.4) is 0 Å². The number of hydrogen-bond acceptors (Lipinski definition) is 7. The SMILES string of the molecule is COc1ccc([C@H]2Sc3ccc(SC)cc3N(CCN(C)C)C(=O)[C@H]2OC(C)=O)cc1. The Labute approximate surface area is 192 Å². The van der Waals surface area contributed by atoms with Gasteiger partial charge in [0.2, 0.25) is 0 Å². The Morgan fingerprint density at radius 1 is 1.19 bits per heavy atom. The molecule has 2 aromatic rings. The largest absolute Gasteiger partial charge is 0.497 e. The monoisotopic (exact) mass is 460 g/mol. The number of nitrogens with zero attached hydrogens (tertiary/aromatic N) is 2. The Hall–Kier alpha value is -2.16. The van der Waals surface area contributed by atoms with E-state index >= 15 is 0 Å². The van der Waals surface area contributed by atoms with Gasteiger partial charge in [0.05, 0.1) is 18.0 Å². The van der Waals surface area contributed by atoms with Crippen LogP contribution in [0.15, 0.2) is 52.3 Å². The minimum absolute atomic E-state index is 0.206. The zero-order valence-electron chi connectivity index (χ0n) is 18.5. The first-order valence-corrected chi connectivity index (χ1v) is 12.1. The van der Waals surface area contributed by atoms with Crippen molar-refractivity contribution in [2.45, 2.75) is 28.1 Å². The van der Waals surface area contributed by atoms with Gasteiger partial charge in [-0.2, -0.15) is 0 Å². The molecule has 1 amide bonds. The highest BCUT2D eigenvalue weighted by atomic mass is 32.2. The molecule has 3 rings (SSSR count). The van der Waals surface area contributed by atoms with E-state index in [0.717, 1.165) is 26.8 Å². The maximum absolute atomic E-state index is 13.7. The Balaban J connectivity index is 2.10. The number of carbonyl (C=O) groups excluding carboxylic acids is 2. The molecule has 0 aliphatic carbocycles. The lowest BCUT2D eigenvalue weighted by Crippen LogP contribution is -2.45. The van der Waals surface area contributed by atoms with Crippen LogP contribution < -0.4 is 9.64 Å². The summed E-state index contributed by atoms with van der Waals surface area (Å²) in [5.74, 6) is 0.0542. The van der Waals surface area contributed by atoms with E-state index in [1.54, 1.807) is 35.5 Å². The molecule has 1 aliphatic rings. The lowest BCUT2D eigenvalue weighted by atomic mass is 10.1. The molecule has 31 heavy (non-hydrogen) atoms. The minimum Gasteiger partial charge on any atom is -0.497 e. The van der Waals surface area contributed by atoms with Gasteiger partial charge in [-0.1, -0.05) is 12.1 Å². The number of anilines is 1. The van der Waals surface area contributed by atoms with Gasteiger partial charge in [-0.25, -0.2) is 0 Å². The van der Waals surface area contributed by atoms with Crippen molar-refractivity contribution in [1.29, 1.82) is 0 Å². The summed E-state index contributed by atoms with van der Waals surface area (Å²) in [4.78, 5) is 31.6. The summed E-state index contributed by atoms with van der Waals surface area (Å²) in [5, 5.41) is -0.370. The van der Waals surface area contributed by atoms with Crippen LogP contribution in [0.1, 0.15) is 17.7 Å². The zero-order chi connectivity index (χ0) is 22.5. The number of ether oxygens (including phenoxy) is 2. The number of fused-ring (bicyclic) bond motifs is 1. The van der Waals surface area contributed by atoms with Crippen LogP contribution >= 0.6 is 23.5 Å². The molecule has 0 radical (unpaired) electrons. The molecule has 0 saturated heterocycles. The maximum Gasteiger partial charge on any atom is 0.303 e.